The molecule has 0 amide bonds. The number of hydrogen-bond donors (Lipinski definition) is 0. The third-order valence-electron chi connectivity index (χ3n) is 2.08. The molecule has 1 unspecified atom stereocenters. The first-order valence-electron chi connectivity index (χ1n) is 4.59. The predicted octanol–water partition coefficient (Wildman–Crippen LogP) is 2.12. The van der Waals surface area contributed by atoms with Gasteiger partial charge in [-0.1, -0.05) is 32.4 Å². The minimum absolute atomic E-state index is 0.0897. The highest BCUT2D eigenvalue weighted by Gasteiger charge is 2.25. The van der Waals surface area contributed by atoms with Crippen LogP contribution in [0, 0.1) is 5.41 Å². The average molecular weight is 230 g/mol. The maximum Gasteiger partial charge on any atom is 0.146 e. The van der Waals surface area contributed by atoms with E-state index in [1.54, 1.807) is 6.20 Å². The Hall–Kier alpha value is -0.383. The molecule has 0 aliphatic carbocycles. The van der Waals surface area contributed by atoms with E-state index in [2.05, 4.69) is 25.8 Å². The molecule has 78 valence electrons. The average Bonchev–Trinajstić information content (AvgIpc) is 2.02. The van der Waals surface area contributed by atoms with Crippen molar-refractivity contribution in [3.8, 4) is 0 Å². The van der Waals surface area contributed by atoms with E-state index in [-0.39, 0.29) is 11.5 Å². The van der Waals surface area contributed by atoms with Crippen LogP contribution in [0.2, 0.25) is 5.15 Å². The molecule has 1 rings (SSSR count). The van der Waals surface area contributed by atoms with Crippen LogP contribution < -0.4 is 0 Å². The molecule has 0 aliphatic rings. The molecule has 0 radical (unpaired) electrons. The molecular formula is C10H16ClNOSi. The fraction of sp³-hybridized carbons (Fsp3) is 0.500. The van der Waals surface area contributed by atoms with Gasteiger partial charge in [-0.3, -0.25) is 0 Å². The first kappa shape index (κ1) is 11.7. The fourth-order valence-corrected chi connectivity index (χ4v) is 2.73. The van der Waals surface area contributed by atoms with Crippen LogP contribution in [-0.4, -0.2) is 15.5 Å². The summed E-state index contributed by atoms with van der Waals surface area (Å²) in [4.78, 5) is 3.96. The highest BCUT2D eigenvalue weighted by atomic mass is 35.5. The van der Waals surface area contributed by atoms with Crippen LogP contribution in [0.15, 0.2) is 18.3 Å². The topological polar surface area (TPSA) is 22.1 Å². The lowest BCUT2D eigenvalue weighted by Crippen LogP contribution is -2.20. The van der Waals surface area contributed by atoms with Crippen molar-refractivity contribution in [2.45, 2.75) is 26.9 Å². The minimum atomic E-state index is 0.0897. The highest BCUT2D eigenvalue weighted by molar-refractivity contribution is 6.29. The van der Waals surface area contributed by atoms with Gasteiger partial charge < -0.3 is 4.43 Å². The van der Waals surface area contributed by atoms with Crippen LogP contribution >= 0.6 is 11.6 Å². The second kappa shape index (κ2) is 4.42. The van der Waals surface area contributed by atoms with Crippen molar-refractivity contribution >= 4 is 22.1 Å². The lowest BCUT2D eigenvalue weighted by molar-refractivity contribution is 0.0972. The molecule has 0 aliphatic heterocycles. The van der Waals surface area contributed by atoms with Crippen LogP contribution in [0.25, 0.3) is 0 Å². The van der Waals surface area contributed by atoms with E-state index in [9.17, 15) is 0 Å². The molecule has 14 heavy (non-hydrogen) atoms. The van der Waals surface area contributed by atoms with E-state index < -0.39 is 0 Å². The Bertz CT molecular complexity index is 311. The number of hydrogen-bond acceptors (Lipinski definition) is 2. The zero-order valence-corrected chi connectivity index (χ0v) is 11.8. The molecule has 1 atom stereocenters. The molecule has 2 nitrogen and oxygen atoms in total. The maximum absolute atomic E-state index is 5.84. The minimum Gasteiger partial charge on any atom is -0.421 e. The first-order chi connectivity index (χ1) is 6.45. The molecule has 0 N–H and O–H groups in total. The summed E-state index contributed by atoms with van der Waals surface area (Å²) in [6.07, 6.45) is 1.83. The van der Waals surface area contributed by atoms with Gasteiger partial charge in [-0.2, -0.15) is 0 Å². The molecule has 4 heteroatoms. The fourth-order valence-electron chi connectivity index (χ4n) is 1.57. The molecule has 1 aromatic rings. The smallest absolute Gasteiger partial charge is 0.146 e. The molecule has 0 bridgehead atoms. The van der Waals surface area contributed by atoms with Gasteiger partial charge in [0.2, 0.25) is 0 Å². The monoisotopic (exact) mass is 229 g/mol. The summed E-state index contributed by atoms with van der Waals surface area (Å²) in [7, 11) is 0.722. The van der Waals surface area contributed by atoms with Crippen LogP contribution in [0.3, 0.4) is 0 Å². The van der Waals surface area contributed by atoms with Gasteiger partial charge in [0.25, 0.3) is 0 Å². The number of rotatable bonds is 2. The van der Waals surface area contributed by atoms with Gasteiger partial charge in [-0.05, 0) is 23.1 Å². The van der Waals surface area contributed by atoms with Crippen LogP contribution in [-0.2, 0) is 4.43 Å². The Morgan fingerprint density at radius 2 is 2.14 bits per heavy atom. The number of pyridine rings is 1. The van der Waals surface area contributed by atoms with Crippen molar-refractivity contribution in [3.05, 3.63) is 29.0 Å². The molecule has 0 aromatic carbocycles. The van der Waals surface area contributed by atoms with E-state index in [1.165, 1.54) is 0 Å². The lowest BCUT2D eigenvalue weighted by Gasteiger charge is -2.30. The van der Waals surface area contributed by atoms with Crippen molar-refractivity contribution < 1.29 is 4.43 Å². The van der Waals surface area contributed by atoms with E-state index >= 15 is 0 Å². The van der Waals surface area contributed by atoms with Crippen molar-refractivity contribution in [2.75, 3.05) is 0 Å². The van der Waals surface area contributed by atoms with Gasteiger partial charge in [0.15, 0.2) is 0 Å². The normalized spacial score (nSPS) is 14.3. The first-order valence-corrected chi connectivity index (χ1v) is 5.79. The van der Waals surface area contributed by atoms with Gasteiger partial charge in [0.05, 0.1) is 6.10 Å². The van der Waals surface area contributed by atoms with Crippen LogP contribution in [0.5, 0.6) is 0 Å². The van der Waals surface area contributed by atoms with Gasteiger partial charge in [0.1, 0.15) is 15.6 Å². The second-order valence-electron chi connectivity index (χ2n) is 4.39. The highest BCUT2D eigenvalue weighted by Crippen LogP contribution is 2.35. The van der Waals surface area contributed by atoms with Gasteiger partial charge in [0, 0.05) is 6.20 Å². The summed E-state index contributed by atoms with van der Waals surface area (Å²) < 4.78 is 5.61. The third kappa shape index (κ3) is 2.80. The van der Waals surface area contributed by atoms with Crippen LogP contribution in [0.1, 0.15) is 32.4 Å². The van der Waals surface area contributed by atoms with E-state index in [0.717, 1.165) is 16.0 Å². The van der Waals surface area contributed by atoms with Gasteiger partial charge in [-0.15, -0.1) is 0 Å². The maximum atomic E-state index is 5.84. The Balaban J connectivity index is 3.01. The van der Waals surface area contributed by atoms with Crippen molar-refractivity contribution in [1.82, 2.24) is 4.98 Å². The molecule has 0 saturated heterocycles. The standard InChI is InChI=1S/C10H16ClNOSi/c1-10(2,3)9(13-14)7-4-5-12-8(11)6-7/h4-6,9H,1-3,14H3. The lowest BCUT2D eigenvalue weighted by atomic mass is 9.85. The van der Waals surface area contributed by atoms with E-state index in [4.69, 9.17) is 16.0 Å². The number of aromatic nitrogens is 1. The summed E-state index contributed by atoms with van der Waals surface area (Å²) in [6, 6.07) is 3.83. The predicted molar refractivity (Wildman–Crippen MR) is 62.5 cm³/mol. The number of nitrogens with zero attached hydrogens (tertiary/aromatic N) is 1. The second-order valence-corrected chi connectivity index (χ2v) is 5.25. The SMILES string of the molecule is CC(C)(C)C(O[SiH3])c1ccnc(Cl)c1. The third-order valence-corrected chi connectivity index (χ3v) is 2.75. The molecular weight excluding hydrogens is 214 g/mol. The molecule has 0 spiro atoms. The zero-order chi connectivity index (χ0) is 10.8. The quantitative estimate of drug-likeness (QED) is 0.573. The Morgan fingerprint density at radius 1 is 1.50 bits per heavy atom. The summed E-state index contributed by atoms with van der Waals surface area (Å²) in [5, 5.41) is 0.524. The summed E-state index contributed by atoms with van der Waals surface area (Å²) in [5.41, 5.74) is 1.19. The largest absolute Gasteiger partial charge is 0.421 e. The van der Waals surface area contributed by atoms with Gasteiger partial charge in [-0.25, -0.2) is 4.98 Å². The summed E-state index contributed by atoms with van der Waals surface area (Å²) in [5.74, 6) is 0. The number of halogens is 1. The van der Waals surface area contributed by atoms with Crippen molar-refractivity contribution in [1.29, 1.82) is 0 Å². The van der Waals surface area contributed by atoms with Crippen molar-refractivity contribution in [3.63, 3.8) is 0 Å². The molecule has 0 saturated carbocycles. The Kier molecular flexibility index (Phi) is 3.69. The molecule has 1 heterocycles. The van der Waals surface area contributed by atoms with Crippen LogP contribution in [0.4, 0.5) is 0 Å². The summed E-state index contributed by atoms with van der Waals surface area (Å²) in [6.45, 7) is 6.47. The van der Waals surface area contributed by atoms with E-state index in [1.807, 2.05) is 12.1 Å². The van der Waals surface area contributed by atoms with Crippen molar-refractivity contribution in [2.24, 2.45) is 5.41 Å². The Morgan fingerprint density at radius 3 is 2.57 bits per heavy atom. The van der Waals surface area contributed by atoms with Gasteiger partial charge >= 0.3 is 0 Å². The molecule has 1 aromatic heterocycles. The van der Waals surface area contributed by atoms with E-state index in [0.29, 0.717) is 5.15 Å². The zero-order valence-electron chi connectivity index (χ0n) is 9.04. The molecule has 0 fully saturated rings. The Labute approximate surface area is 93.2 Å². The summed E-state index contributed by atoms with van der Waals surface area (Å²) >= 11 is 5.84.